The summed E-state index contributed by atoms with van der Waals surface area (Å²) in [5.74, 6) is 1.42. The lowest BCUT2D eigenvalue weighted by atomic mass is 10.1. The minimum absolute atomic E-state index is 0.00221. The van der Waals surface area contributed by atoms with E-state index < -0.39 is 18.1 Å². The van der Waals surface area contributed by atoms with E-state index in [2.05, 4.69) is 20.8 Å². The number of tetrazole rings is 1. The Morgan fingerprint density at radius 3 is 2.62 bits per heavy atom. The SMILES string of the molecule is COC(=O)[C@H](CCc1nnnn1CC(=C=O)OC)NC(=O)OCc1ccccc1. The number of carbonyl (C=O) groups is 2. The summed E-state index contributed by atoms with van der Waals surface area (Å²) in [6, 6.07) is 8.17. The molecule has 0 aliphatic carbocycles. The maximum Gasteiger partial charge on any atom is 0.408 e. The first-order valence-electron chi connectivity index (χ1n) is 8.65. The number of nitrogens with zero attached hydrogens (tertiary/aromatic N) is 4. The molecule has 29 heavy (non-hydrogen) atoms. The van der Waals surface area contributed by atoms with Gasteiger partial charge in [0, 0.05) is 6.42 Å². The summed E-state index contributed by atoms with van der Waals surface area (Å²) in [4.78, 5) is 34.8. The number of ether oxygens (including phenoxy) is 3. The van der Waals surface area contributed by atoms with Gasteiger partial charge in [-0.15, -0.1) is 5.10 Å². The summed E-state index contributed by atoms with van der Waals surface area (Å²) in [7, 11) is 2.55. The molecule has 1 aromatic carbocycles. The maximum atomic E-state index is 12.0. The number of hydrogen-bond acceptors (Lipinski definition) is 9. The van der Waals surface area contributed by atoms with Crippen LogP contribution in [0.25, 0.3) is 0 Å². The molecule has 0 saturated heterocycles. The van der Waals surface area contributed by atoms with Crippen LogP contribution in [0.3, 0.4) is 0 Å². The van der Waals surface area contributed by atoms with Gasteiger partial charge in [0.15, 0.2) is 11.8 Å². The summed E-state index contributed by atoms with van der Waals surface area (Å²) in [5, 5.41) is 13.6. The number of nitrogens with one attached hydrogen (secondary N) is 1. The topological polar surface area (TPSA) is 135 Å². The van der Waals surface area contributed by atoms with Gasteiger partial charge in [-0.05, 0) is 22.4 Å². The smallest absolute Gasteiger partial charge is 0.408 e. The van der Waals surface area contributed by atoms with E-state index >= 15 is 0 Å². The van der Waals surface area contributed by atoms with Crippen molar-refractivity contribution in [1.82, 2.24) is 25.5 Å². The molecule has 1 atom stereocenters. The van der Waals surface area contributed by atoms with Crippen molar-refractivity contribution in [2.45, 2.75) is 32.0 Å². The molecule has 0 radical (unpaired) electrons. The first-order valence-corrected chi connectivity index (χ1v) is 8.65. The van der Waals surface area contributed by atoms with E-state index in [1.807, 2.05) is 30.3 Å². The van der Waals surface area contributed by atoms with E-state index in [0.29, 0.717) is 5.82 Å². The highest BCUT2D eigenvalue weighted by Crippen LogP contribution is 2.07. The van der Waals surface area contributed by atoms with Crippen molar-refractivity contribution in [1.29, 1.82) is 0 Å². The van der Waals surface area contributed by atoms with E-state index in [9.17, 15) is 14.4 Å². The highest BCUT2D eigenvalue weighted by atomic mass is 16.6. The molecule has 1 N–H and O–H groups in total. The Hall–Kier alpha value is -3.72. The molecule has 0 bridgehead atoms. The number of aromatic nitrogens is 4. The largest absolute Gasteiger partial charge is 0.488 e. The van der Waals surface area contributed by atoms with Gasteiger partial charge in [0.1, 0.15) is 19.2 Å². The minimum Gasteiger partial charge on any atom is -0.488 e. The molecule has 0 aliphatic heterocycles. The second kappa shape index (κ2) is 11.2. The third-order valence-electron chi connectivity index (χ3n) is 3.91. The number of hydrogen-bond donors (Lipinski definition) is 1. The maximum absolute atomic E-state index is 12.0. The van der Waals surface area contributed by atoms with E-state index in [1.165, 1.54) is 18.9 Å². The predicted molar refractivity (Wildman–Crippen MR) is 97.9 cm³/mol. The van der Waals surface area contributed by atoms with Crippen LogP contribution < -0.4 is 5.32 Å². The van der Waals surface area contributed by atoms with Gasteiger partial charge in [-0.2, -0.15) is 0 Å². The quantitative estimate of drug-likeness (QED) is 0.340. The fraction of sp³-hybridized carbons (Fsp3) is 0.389. The van der Waals surface area contributed by atoms with Crippen LogP contribution in [0.4, 0.5) is 4.79 Å². The van der Waals surface area contributed by atoms with Crippen molar-refractivity contribution in [2.75, 3.05) is 14.2 Å². The number of allylic oxidation sites excluding steroid dienone is 1. The van der Waals surface area contributed by atoms with Crippen LogP contribution in [0, 0.1) is 0 Å². The number of aryl methyl sites for hydroxylation is 1. The number of esters is 1. The van der Waals surface area contributed by atoms with Gasteiger partial charge in [-0.1, -0.05) is 30.3 Å². The Bertz CT molecular complexity index is 863. The molecule has 0 aliphatic rings. The standard InChI is InChI=1S/C18H21N5O6/c1-27-14(11-24)10-23-16(20-21-22-23)9-8-15(17(25)28-2)19-18(26)29-12-13-6-4-3-5-7-13/h3-7,15H,8-10,12H2,1-2H3,(H,19,26)/t15-/m0/s1. The first-order chi connectivity index (χ1) is 14.1. The van der Waals surface area contributed by atoms with E-state index in [-0.39, 0.29) is 31.8 Å². The van der Waals surface area contributed by atoms with E-state index in [0.717, 1.165) is 5.56 Å². The Labute approximate surface area is 166 Å². The third kappa shape index (κ3) is 6.74. The summed E-state index contributed by atoms with van der Waals surface area (Å²) in [6.07, 6.45) is -0.378. The average Bonchev–Trinajstić information content (AvgIpc) is 3.20. The van der Waals surface area contributed by atoms with Crippen molar-refractivity contribution in [3.05, 3.63) is 47.5 Å². The highest BCUT2D eigenvalue weighted by molar-refractivity contribution is 5.81. The lowest BCUT2D eigenvalue weighted by Gasteiger charge is -2.16. The van der Waals surface area contributed by atoms with Crippen molar-refractivity contribution < 1.29 is 28.6 Å². The summed E-state index contributed by atoms with van der Waals surface area (Å²) in [6.45, 7) is 0.0639. The molecule has 0 unspecified atom stereocenters. The molecule has 1 heterocycles. The summed E-state index contributed by atoms with van der Waals surface area (Å²) in [5.41, 5.74) is 0.814. The van der Waals surface area contributed by atoms with Gasteiger partial charge in [0.2, 0.25) is 5.76 Å². The minimum atomic E-state index is -0.961. The zero-order valence-corrected chi connectivity index (χ0v) is 16.0. The van der Waals surface area contributed by atoms with E-state index in [4.69, 9.17) is 14.2 Å². The number of alkyl carbamates (subject to hydrolysis) is 1. The predicted octanol–water partition coefficient (Wildman–Crippen LogP) is 0.436. The van der Waals surface area contributed by atoms with Crippen molar-refractivity contribution in [3.63, 3.8) is 0 Å². The Morgan fingerprint density at radius 1 is 1.21 bits per heavy atom. The van der Waals surface area contributed by atoms with Gasteiger partial charge in [0.25, 0.3) is 0 Å². The molecular formula is C18H21N5O6. The van der Waals surface area contributed by atoms with Crippen LogP contribution in [-0.2, 0) is 43.4 Å². The van der Waals surface area contributed by atoms with Crippen LogP contribution in [0.15, 0.2) is 36.1 Å². The van der Waals surface area contributed by atoms with Crippen LogP contribution in [0.1, 0.15) is 17.8 Å². The van der Waals surface area contributed by atoms with Crippen molar-refractivity contribution in [2.24, 2.45) is 0 Å². The fourth-order valence-corrected chi connectivity index (χ4v) is 2.37. The average molecular weight is 403 g/mol. The molecule has 0 spiro atoms. The van der Waals surface area contributed by atoms with Gasteiger partial charge in [0.05, 0.1) is 14.2 Å². The van der Waals surface area contributed by atoms with E-state index in [1.54, 1.807) is 5.94 Å². The Balaban J connectivity index is 1.94. The van der Waals surface area contributed by atoms with Crippen LogP contribution in [0.5, 0.6) is 0 Å². The van der Waals surface area contributed by atoms with Crippen LogP contribution in [-0.4, -0.2) is 58.5 Å². The molecular weight excluding hydrogens is 382 g/mol. The normalized spacial score (nSPS) is 11.1. The molecule has 1 aromatic heterocycles. The van der Waals surface area contributed by atoms with Crippen LogP contribution in [0.2, 0.25) is 0 Å². The molecule has 1 amide bonds. The Kier molecular flexibility index (Phi) is 8.33. The number of rotatable bonds is 10. The number of benzene rings is 1. The first kappa shape index (κ1) is 21.6. The van der Waals surface area contributed by atoms with Crippen LogP contribution >= 0.6 is 0 Å². The van der Waals surface area contributed by atoms with Crippen molar-refractivity contribution in [3.8, 4) is 0 Å². The number of methoxy groups -OCH3 is 2. The molecule has 11 heteroatoms. The Morgan fingerprint density at radius 2 is 1.97 bits per heavy atom. The zero-order valence-electron chi connectivity index (χ0n) is 16.0. The summed E-state index contributed by atoms with van der Waals surface area (Å²) < 4.78 is 16.1. The third-order valence-corrected chi connectivity index (χ3v) is 3.91. The lowest BCUT2D eigenvalue weighted by molar-refractivity contribution is -0.143. The summed E-state index contributed by atoms with van der Waals surface area (Å²) >= 11 is 0. The molecule has 11 nitrogen and oxygen atoms in total. The molecule has 154 valence electrons. The fourth-order valence-electron chi connectivity index (χ4n) is 2.37. The van der Waals surface area contributed by atoms with Crippen molar-refractivity contribution >= 4 is 18.0 Å². The number of carbonyl (C=O) groups excluding carboxylic acids is 3. The highest BCUT2D eigenvalue weighted by Gasteiger charge is 2.23. The lowest BCUT2D eigenvalue weighted by Crippen LogP contribution is -2.42. The molecule has 2 rings (SSSR count). The zero-order chi connectivity index (χ0) is 21.1. The molecule has 0 fully saturated rings. The molecule has 2 aromatic rings. The van der Waals surface area contributed by atoms with Gasteiger partial charge >= 0.3 is 12.1 Å². The second-order valence-corrected chi connectivity index (χ2v) is 5.80. The van der Waals surface area contributed by atoms with Gasteiger partial charge < -0.3 is 19.5 Å². The van der Waals surface area contributed by atoms with Gasteiger partial charge in [-0.3, -0.25) is 0 Å². The van der Waals surface area contributed by atoms with Gasteiger partial charge in [-0.25, -0.2) is 19.1 Å². The monoisotopic (exact) mass is 403 g/mol. The molecule has 0 saturated carbocycles. The number of amides is 1. The second-order valence-electron chi connectivity index (χ2n) is 5.80.